The summed E-state index contributed by atoms with van der Waals surface area (Å²) in [5, 5.41) is 3.14. The number of unbranched alkanes of at least 4 members (excludes halogenated alkanes) is 1. The van der Waals surface area contributed by atoms with Gasteiger partial charge in [0.15, 0.2) is 0 Å². The lowest BCUT2D eigenvalue weighted by Gasteiger charge is -2.14. The minimum atomic E-state index is 0.860. The Morgan fingerprint density at radius 3 is 2.90 bits per heavy atom. The van der Waals surface area contributed by atoms with E-state index in [1.807, 2.05) is 12.1 Å². The average molecular weight is 369 g/mol. The van der Waals surface area contributed by atoms with Gasteiger partial charge in [-0.3, -0.25) is 0 Å². The van der Waals surface area contributed by atoms with E-state index in [4.69, 9.17) is 9.72 Å². The molecule has 0 amide bonds. The molecule has 1 heterocycles. The zero-order chi connectivity index (χ0) is 15.2. The van der Waals surface area contributed by atoms with Crippen molar-refractivity contribution in [2.24, 2.45) is 0 Å². The van der Waals surface area contributed by atoms with Crippen LogP contribution in [0.5, 0.6) is 5.75 Å². The Kier molecular flexibility index (Phi) is 6.21. The predicted molar refractivity (Wildman–Crippen MR) is 93.0 cm³/mol. The van der Waals surface area contributed by atoms with Crippen LogP contribution in [0, 0.1) is 0 Å². The fourth-order valence-corrected chi connectivity index (χ4v) is 3.33. The third-order valence-electron chi connectivity index (χ3n) is 3.27. The van der Waals surface area contributed by atoms with Gasteiger partial charge in [-0.15, -0.1) is 11.3 Å². The number of ether oxygens (including phenoxy) is 1. The second-order valence-electron chi connectivity index (χ2n) is 5.08. The van der Waals surface area contributed by atoms with Gasteiger partial charge in [-0.05, 0) is 38.2 Å². The molecule has 0 N–H and O–H groups in total. The lowest BCUT2D eigenvalue weighted by molar-refractivity contribution is 0.318. The van der Waals surface area contributed by atoms with Crippen LogP contribution in [0.25, 0.3) is 10.6 Å². The van der Waals surface area contributed by atoms with Crippen molar-refractivity contribution in [1.82, 2.24) is 9.88 Å². The molecule has 1 aromatic carbocycles. The Morgan fingerprint density at radius 1 is 1.38 bits per heavy atom. The van der Waals surface area contributed by atoms with Gasteiger partial charge in [0.25, 0.3) is 0 Å². The topological polar surface area (TPSA) is 25.4 Å². The number of thiazole rings is 1. The van der Waals surface area contributed by atoms with Crippen molar-refractivity contribution in [3.63, 3.8) is 0 Å². The highest BCUT2D eigenvalue weighted by molar-refractivity contribution is 9.10. The van der Waals surface area contributed by atoms with Crippen molar-refractivity contribution < 1.29 is 4.74 Å². The smallest absolute Gasteiger partial charge is 0.129 e. The molecule has 0 atom stereocenters. The molecule has 5 heteroatoms. The first kappa shape index (κ1) is 16.5. The van der Waals surface area contributed by atoms with Gasteiger partial charge in [-0.2, -0.15) is 0 Å². The molecule has 2 aromatic rings. The largest absolute Gasteiger partial charge is 0.496 e. The summed E-state index contributed by atoms with van der Waals surface area (Å²) < 4.78 is 6.47. The second-order valence-corrected chi connectivity index (χ2v) is 6.85. The number of halogens is 1. The van der Waals surface area contributed by atoms with Crippen LogP contribution in [0.15, 0.2) is 28.1 Å². The minimum Gasteiger partial charge on any atom is -0.496 e. The standard InChI is InChI=1S/C16H21BrN2OS/c1-4-5-8-19(2)10-13-11-21-16(18-13)14-9-12(17)6-7-15(14)20-3/h6-7,9,11H,4-5,8,10H2,1-3H3. The first-order chi connectivity index (χ1) is 10.1. The van der Waals surface area contributed by atoms with Crippen LogP contribution in [-0.4, -0.2) is 30.6 Å². The van der Waals surface area contributed by atoms with Crippen molar-refractivity contribution >= 4 is 27.3 Å². The summed E-state index contributed by atoms with van der Waals surface area (Å²) in [6.45, 7) is 4.23. The summed E-state index contributed by atoms with van der Waals surface area (Å²) in [6, 6.07) is 6.01. The summed E-state index contributed by atoms with van der Waals surface area (Å²) in [6.07, 6.45) is 2.45. The lowest BCUT2D eigenvalue weighted by atomic mass is 10.2. The van der Waals surface area contributed by atoms with Gasteiger partial charge in [-0.1, -0.05) is 29.3 Å². The van der Waals surface area contributed by atoms with Crippen molar-refractivity contribution in [2.45, 2.75) is 26.3 Å². The SMILES string of the molecule is CCCCN(C)Cc1csc(-c2cc(Br)ccc2OC)n1. The highest BCUT2D eigenvalue weighted by Gasteiger charge is 2.12. The Morgan fingerprint density at radius 2 is 2.19 bits per heavy atom. The summed E-state index contributed by atoms with van der Waals surface area (Å²) in [5.41, 5.74) is 2.16. The van der Waals surface area contributed by atoms with E-state index in [9.17, 15) is 0 Å². The molecule has 21 heavy (non-hydrogen) atoms. The Bertz CT molecular complexity index is 585. The van der Waals surface area contributed by atoms with Crippen LogP contribution in [0.2, 0.25) is 0 Å². The molecular weight excluding hydrogens is 348 g/mol. The quantitative estimate of drug-likeness (QED) is 0.700. The normalized spacial score (nSPS) is 11.1. The van der Waals surface area contributed by atoms with E-state index in [0.717, 1.165) is 39.6 Å². The monoisotopic (exact) mass is 368 g/mol. The maximum absolute atomic E-state index is 5.43. The second kappa shape index (κ2) is 7.92. The number of hydrogen-bond acceptors (Lipinski definition) is 4. The molecule has 3 nitrogen and oxygen atoms in total. The van der Waals surface area contributed by atoms with E-state index in [2.05, 4.69) is 46.2 Å². The molecule has 114 valence electrons. The Balaban J connectivity index is 2.14. The van der Waals surface area contributed by atoms with Gasteiger partial charge >= 0.3 is 0 Å². The molecular formula is C16H21BrN2OS. The molecule has 2 rings (SSSR count). The fourth-order valence-electron chi connectivity index (χ4n) is 2.13. The van der Waals surface area contributed by atoms with Gasteiger partial charge < -0.3 is 9.64 Å². The summed E-state index contributed by atoms with van der Waals surface area (Å²) >= 11 is 5.18. The maximum atomic E-state index is 5.43. The predicted octanol–water partition coefficient (Wildman–Crippen LogP) is 4.81. The van der Waals surface area contributed by atoms with E-state index < -0.39 is 0 Å². The number of benzene rings is 1. The number of nitrogens with zero attached hydrogens (tertiary/aromatic N) is 2. The van der Waals surface area contributed by atoms with Crippen LogP contribution in [0.1, 0.15) is 25.5 Å². The van der Waals surface area contributed by atoms with Crippen LogP contribution in [0.4, 0.5) is 0 Å². The molecule has 0 radical (unpaired) electrons. The van der Waals surface area contributed by atoms with Crippen LogP contribution in [-0.2, 0) is 6.54 Å². The van der Waals surface area contributed by atoms with Crippen LogP contribution >= 0.6 is 27.3 Å². The highest BCUT2D eigenvalue weighted by Crippen LogP contribution is 2.34. The molecule has 0 aliphatic heterocycles. The molecule has 0 unspecified atom stereocenters. The van der Waals surface area contributed by atoms with E-state index >= 15 is 0 Å². The van der Waals surface area contributed by atoms with Crippen LogP contribution in [0.3, 0.4) is 0 Å². The van der Waals surface area contributed by atoms with Gasteiger partial charge in [-0.25, -0.2) is 4.98 Å². The minimum absolute atomic E-state index is 0.860. The van der Waals surface area contributed by atoms with E-state index in [1.165, 1.54) is 12.8 Å². The van der Waals surface area contributed by atoms with Gasteiger partial charge in [0.05, 0.1) is 18.4 Å². The molecule has 0 aliphatic carbocycles. The molecule has 0 bridgehead atoms. The van der Waals surface area contributed by atoms with Crippen molar-refractivity contribution in [3.8, 4) is 16.3 Å². The zero-order valence-electron chi connectivity index (χ0n) is 12.7. The van der Waals surface area contributed by atoms with E-state index in [1.54, 1.807) is 18.4 Å². The third-order valence-corrected chi connectivity index (χ3v) is 4.69. The van der Waals surface area contributed by atoms with E-state index in [0.29, 0.717) is 0 Å². The molecule has 0 saturated carbocycles. The number of methoxy groups -OCH3 is 1. The third kappa shape index (κ3) is 4.53. The van der Waals surface area contributed by atoms with Crippen molar-refractivity contribution in [2.75, 3.05) is 20.7 Å². The van der Waals surface area contributed by atoms with Gasteiger partial charge in [0.1, 0.15) is 10.8 Å². The molecule has 1 aromatic heterocycles. The zero-order valence-corrected chi connectivity index (χ0v) is 15.1. The molecule has 0 aliphatic rings. The van der Waals surface area contributed by atoms with Crippen molar-refractivity contribution in [1.29, 1.82) is 0 Å². The highest BCUT2D eigenvalue weighted by atomic mass is 79.9. The first-order valence-corrected chi connectivity index (χ1v) is 8.78. The van der Waals surface area contributed by atoms with Gasteiger partial charge in [0.2, 0.25) is 0 Å². The number of hydrogen-bond donors (Lipinski definition) is 0. The fraction of sp³-hybridized carbons (Fsp3) is 0.438. The molecule has 0 spiro atoms. The van der Waals surface area contributed by atoms with Gasteiger partial charge in [0, 0.05) is 16.4 Å². The average Bonchev–Trinajstić information content (AvgIpc) is 2.93. The van der Waals surface area contributed by atoms with E-state index in [-0.39, 0.29) is 0 Å². The number of rotatable bonds is 7. The molecule has 0 fully saturated rings. The summed E-state index contributed by atoms with van der Waals surface area (Å²) in [4.78, 5) is 7.07. The van der Waals surface area contributed by atoms with Crippen LogP contribution < -0.4 is 4.74 Å². The first-order valence-electron chi connectivity index (χ1n) is 7.11. The summed E-state index contributed by atoms with van der Waals surface area (Å²) in [7, 11) is 3.84. The Hall–Kier alpha value is -0.910. The Labute approximate surface area is 139 Å². The van der Waals surface area contributed by atoms with Crippen molar-refractivity contribution in [3.05, 3.63) is 33.7 Å². The lowest BCUT2D eigenvalue weighted by Crippen LogP contribution is -2.19. The summed E-state index contributed by atoms with van der Waals surface area (Å²) in [5.74, 6) is 0.860. The maximum Gasteiger partial charge on any atom is 0.129 e. The molecule has 0 saturated heterocycles. The number of aromatic nitrogens is 1.